The number of methoxy groups -OCH3 is 1. The molecule has 0 saturated heterocycles. The van der Waals surface area contributed by atoms with Crippen LogP contribution in [0.1, 0.15) is 32.0 Å². The van der Waals surface area contributed by atoms with E-state index < -0.39 is 23.6 Å². The Balaban J connectivity index is 1.39. The molecule has 0 aliphatic rings. The van der Waals surface area contributed by atoms with Crippen LogP contribution in [-0.2, 0) is 6.18 Å². The minimum Gasteiger partial charge on any atom is -0.493 e. The number of esters is 1. The number of hydrazone groups is 1. The number of carbonyl (C=O) groups excluding carboxylic acids is 2. The van der Waals surface area contributed by atoms with Crippen LogP contribution in [0.15, 0.2) is 101 Å². The molecular weight excluding hydrogens is 615 g/mol. The highest BCUT2D eigenvalue weighted by Crippen LogP contribution is 2.39. The second kappa shape index (κ2) is 11.9. The molecule has 0 spiro atoms. The topological polar surface area (TPSA) is 92.8 Å². The Morgan fingerprint density at radius 2 is 1.67 bits per heavy atom. The number of nitrogens with zero attached hydrogens (tertiary/aromatic N) is 1. The molecule has 0 aliphatic heterocycles. The van der Waals surface area contributed by atoms with Crippen molar-refractivity contribution in [2.45, 2.75) is 6.18 Å². The fourth-order valence-electron chi connectivity index (χ4n) is 4.34. The number of para-hydroxylation sites is 1. The lowest BCUT2D eigenvalue weighted by Crippen LogP contribution is -2.19. The number of carbonyl (C=O) groups is 2. The molecule has 5 rings (SSSR count). The molecule has 212 valence electrons. The minimum absolute atomic E-state index is 0.0715. The fourth-order valence-corrected chi connectivity index (χ4v) is 4.61. The first kappa shape index (κ1) is 28.6. The zero-order valence-corrected chi connectivity index (χ0v) is 23.4. The normalized spacial score (nSPS) is 11.5. The molecule has 0 bridgehead atoms. The number of nitrogens with one attached hydrogen (secondary N) is 2. The molecule has 4 aromatic carbocycles. The van der Waals surface area contributed by atoms with Gasteiger partial charge in [-0.2, -0.15) is 18.3 Å². The van der Waals surface area contributed by atoms with E-state index in [1.807, 2.05) is 0 Å². The molecule has 1 amide bonds. The second-order valence-corrected chi connectivity index (χ2v) is 9.89. The molecule has 11 heteroatoms. The SMILES string of the molecule is COc1cc(C=NNC(=O)c2[nH]c3c(C(F)(F)F)cccc3c2-c2ccccc2)ccc1OC(=O)c1ccc(Br)cc1. The van der Waals surface area contributed by atoms with Crippen LogP contribution in [0.4, 0.5) is 13.2 Å². The lowest BCUT2D eigenvalue weighted by atomic mass is 10.0. The van der Waals surface area contributed by atoms with Crippen molar-refractivity contribution < 1.29 is 32.2 Å². The molecule has 0 aliphatic carbocycles. The van der Waals surface area contributed by atoms with Gasteiger partial charge in [0.15, 0.2) is 11.5 Å². The Labute approximate surface area is 246 Å². The number of aromatic amines is 1. The van der Waals surface area contributed by atoms with Crippen molar-refractivity contribution >= 4 is 44.9 Å². The molecule has 5 aromatic rings. The number of halogens is 4. The maximum absolute atomic E-state index is 13.7. The molecular formula is C31H21BrF3N3O4. The van der Waals surface area contributed by atoms with E-state index in [1.54, 1.807) is 66.7 Å². The maximum Gasteiger partial charge on any atom is 0.418 e. The zero-order valence-electron chi connectivity index (χ0n) is 21.8. The number of amides is 1. The summed E-state index contributed by atoms with van der Waals surface area (Å²) < 4.78 is 52.8. The number of hydrogen-bond donors (Lipinski definition) is 2. The average molecular weight is 636 g/mol. The van der Waals surface area contributed by atoms with Gasteiger partial charge in [-0.3, -0.25) is 4.79 Å². The average Bonchev–Trinajstić information content (AvgIpc) is 3.38. The van der Waals surface area contributed by atoms with E-state index >= 15 is 0 Å². The van der Waals surface area contributed by atoms with Gasteiger partial charge in [-0.15, -0.1) is 0 Å². The van der Waals surface area contributed by atoms with Gasteiger partial charge in [0, 0.05) is 15.4 Å². The lowest BCUT2D eigenvalue weighted by molar-refractivity contribution is -0.136. The molecule has 0 radical (unpaired) electrons. The van der Waals surface area contributed by atoms with Gasteiger partial charge in [0.2, 0.25) is 0 Å². The number of rotatable bonds is 7. The van der Waals surface area contributed by atoms with Crippen LogP contribution < -0.4 is 14.9 Å². The van der Waals surface area contributed by atoms with Crippen molar-refractivity contribution in [3.05, 3.63) is 118 Å². The summed E-state index contributed by atoms with van der Waals surface area (Å²) in [7, 11) is 1.41. The smallest absolute Gasteiger partial charge is 0.418 e. The third-order valence-electron chi connectivity index (χ3n) is 6.28. The van der Waals surface area contributed by atoms with Crippen LogP contribution in [0.3, 0.4) is 0 Å². The minimum atomic E-state index is -4.62. The summed E-state index contributed by atoms with van der Waals surface area (Å²) in [6.07, 6.45) is -3.30. The highest BCUT2D eigenvalue weighted by molar-refractivity contribution is 9.10. The lowest BCUT2D eigenvalue weighted by Gasteiger charge is -2.10. The molecule has 2 N–H and O–H groups in total. The van der Waals surface area contributed by atoms with E-state index in [4.69, 9.17) is 9.47 Å². The third kappa shape index (κ3) is 6.06. The van der Waals surface area contributed by atoms with E-state index in [1.165, 1.54) is 31.5 Å². The standard InChI is InChI=1S/C31H21BrF3N3O4/c1-41-25-16-18(10-15-24(25)42-30(40)20-11-13-21(32)14-12-20)17-36-38-29(39)28-26(19-6-3-2-4-7-19)22-8-5-9-23(27(22)37-28)31(33,34)35/h2-17,37H,1H3,(H,38,39). The van der Waals surface area contributed by atoms with Crippen molar-refractivity contribution in [2.75, 3.05) is 7.11 Å². The van der Waals surface area contributed by atoms with E-state index in [2.05, 4.69) is 31.4 Å². The highest BCUT2D eigenvalue weighted by atomic mass is 79.9. The summed E-state index contributed by atoms with van der Waals surface area (Å²) >= 11 is 3.31. The number of aromatic nitrogens is 1. The van der Waals surface area contributed by atoms with Crippen molar-refractivity contribution in [1.82, 2.24) is 10.4 Å². The van der Waals surface area contributed by atoms with E-state index in [0.717, 1.165) is 10.5 Å². The molecule has 0 atom stereocenters. The fraction of sp³-hybridized carbons (Fsp3) is 0.0645. The summed E-state index contributed by atoms with van der Waals surface area (Å²) in [5.74, 6) is -0.882. The van der Waals surface area contributed by atoms with Crippen LogP contribution in [-0.4, -0.2) is 30.2 Å². The maximum atomic E-state index is 13.7. The van der Waals surface area contributed by atoms with Crippen molar-refractivity contribution in [1.29, 1.82) is 0 Å². The summed E-state index contributed by atoms with van der Waals surface area (Å²) in [6, 6.07) is 23.8. The molecule has 1 heterocycles. The van der Waals surface area contributed by atoms with Crippen LogP contribution in [0, 0.1) is 0 Å². The van der Waals surface area contributed by atoms with Gasteiger partial charge in [-0.05, 0) is 59.7 Å². The van der Waals surface area contributed by atoms with Crippen LogP contribution in [0.25, 0.3) is 22.0 Å². The first-order valence-corrected chi connectivity index (χ1v) is 13.2. The molecule has 42 heavy (non-hydrogen) atoms. The number of alkyl halides is 3. The summed E-state index contributed by atoms with van der Waals surface area (Å²) in [5, 5.41) is 4.23. The molecule has 0 fully saturated rings. The van der Waals surface area contributed by atoms with E-state index in [0.29, 0.717) is 22.3 Å². The Kier molecular flexibility index (Phi) is 8.12. The zero-order chi connectivity index (χ0) is 29.9. The van der Waals surface area contributed by atoms with Gasteiger partial charge in [0.1, 0.15) is 5.69 Å². The quantitative estimate of drug-likeness (QED) is 0.0833. The van der Waals surface area contributed by atoms with Crippen LogP contribution in [0.5, 0.6) is 11.5 Å². The number of fused-ring (bicyclic) bond motifs is 1. The summed E-state index contributed by atoms with van der Waals surface area (Å²) in [5.41, 5.74) is 2.96. The first-order valence-electron chi connectivity index (χ1n) is 12.4. The van der Waals surface area contributed by atoms with Crippen molar-refractivity contribution in [3.63, 3.8) is 0 Å². The summed E-state index contributed by atoms with van der Waals surface area (Å²) in [4.78, 5) is 28.4. The number of hydrogen-bond acceptors (Lipinski definition) is 5. The molecule has 0 saturated carbocycles. The summed E-state index contributed by atoms with van der Waals surface area (Å²) in [6.45, 7) is 0. The van der Waals surface area contributed by atoms with Crippen LogP contribution in [0.2, 0.25) is 0 Å². The first-order chi connectivity index (χ1) is 20.2. The molecule has 0 unspecified atom stereocenters. The van der Waals surface area contributed by atoms with E-state index in [-0.39, 0.29) is 28.1 Å². The highest BCUT2D eigenvalue weighted by Gasteiger charge is 2.34. The monoisotopic (exact) mass is 635 g/mol. The molecule has 1 aromatic heterocycles. The van der Waals surface area contributed by atoms with Gasteiger partial charge < -0.3 is 14.5 Å². The number of ether oxygens (including phenoxy) is 2. The van der Waals surface area contributed by atoms with Crippen molar-refractivity contribution in [3.8, 4) is 22.6 Å². The van der Waals surface area contributed by atoms with Gasteiger partial charge >= 0.3 is 12.1 Å². The van der Waals surface area contributed by atoms with Crippen molar-refractivity contribution in [2.24, 2.45) is 5.10 Å². The Hall–Kier alpha value is -4.90. The van der Waals surface area contributed by atoms with Crippen LogP contribution >= 0.6 is 15.9 Å². The Bertz CT molecular complexity index is 1800. The van der Waals surface area contributed by atoms with Gasteiger partial charge in [0.25, 0.3) is 5.91 Å². The second-order valence-electron chi connectivity index (χ2n) is 8.97. The van der Waals surface area contributed by atoms with Gasteiger partial charge in [-0.1, -0.05) is 58.4 Å². The largest absolute Gasteiger partial charge is 0.493 e. The predicted molar refractivity (Wildman–Crippen MR) is 156 cm³/mol. The van der Waals surface area contributed by atoms with Gasteiger partial charge in [-0.25, -0.2) is 10.2 Å². The number of H-pyrrole nitrogens is 1. The van der Waals surface area contributed by atoms with Gasteiger partial charge in [0.05, 0.1) is 30.0 Å². The predicted octanol–water partition coefficient (Wildman–Crippen LogP) is 7.61. The Morgan fingerprint density at radius 3 is 2.36 bits per heavy atom. The third-order valence-corrected chi connectivity index (χ3v) is 6.81. The Morgan fingerprint density at radius 1 is 0.929 bits per heavy atom. The number of benzene rings is 4. The molecule has 7 nitrogen and oxygen atoms in total. The van der Waals surface area contributed by atoms with E-state index in [9.17, 15) is 22.8 Å².